The molecule has 0 saturated carbocycles. The van der Waals surface area contributed by atoms with Crippen LogP contribution in [0.4, 0.5) is 13.2 Å². The van der Waals surface area contributed by atoms with Gasteiger partial charge in [-0.1, -0.05) is 12.1 Å². The second kappa shape index (κ2) is 4.66. The molecule has 0 radical (unpaired) electrons. The Bertz CT molecular complexity index is 374. The fourth-order valence-electron chi connectivity index (χ4n) is 2.01. The Hall–Kier alpha value is -1.07. The van der Waals surface area contributed by atoms with E-state index in [1.165, 1.54) is 12.1 Å². The summed E-state index contributed by atoms with van der Waals surface area (Å²) in [4.78, 5) is 2.03. The molecule has 2 nitrogen and oxygen atoms in total. The minimum absolute atomic E-state index is 0.301. The summed E-state index contributed by atoms with van der Waals surface area (Å²) in [5.74, 6) is 0. The number of halogens is 3. The number of aliphatic hydroxyl groups is 1. The van der Waals surface area contributed by atoms with Crippen LogP contribution in [-0.4, -0.2) is 29.2 Å². The lowest BCUT2D eigenvalue weighted by atomic mass is 10.1. The quantitative estimate of drug-likeness (QED) is 0.864. The number of β-amino-alcohol motifs (C(OH)–C–C–N with tert-alkyl or cyclic N) is 1. The number of hydrogen-bond donors (Lipinski definition) is 1. The van der Waals surface area contributed by atoms with Gasteiger partial charge in [0.2, 0.25) is 0 Å². The number of aliphatic hydroxyl groups excluding tert-OH is 1. The SMILES string of the molecule is OC1CCN(Cc2ccc(C(F)(F)F)cc2)C1. The zero-order chi connectivity index (χ0) is 12.5. The van der Waals surface area contributed by atoms with Gasteiger partial charge in [-0.15, -0.1) is 0 Å². The minimum atomic E-state index is -4.28. The largest absolute Gasteiger partial charge is 0.416 e. The first-order chi connectivity index (χ1) is 7.95. The fourth-order valence-corrected chi connectivity index (χ4v) is 2.01. The number of rotatable bonds is 2. The van der Waals surface area contributed by atoms with Gasteiger partial charge in [-0.25, -0.2) is 0 Å². The first-order valence-corrected chi connectivity index (χ1v) is 5.52. The van der Waals surface area contributed by atoms with Gasteiger partial charge in [-0.3, -0.25) is 4.90 Å². The van der Waals surface area contributed by atoms with E-state index in [1.807, 2.05) is 4.90 Å². The highest BCUT2D eigenvalue weighted by molar-refractivity contribution is 5.24. The zero-order valence-corrected chi connectivity index (χ0v) is 9.24. The lowest BCUT2D eigenvalue weighted by Gasteiger charge is -2.15. The van der Waals surface area contributed by atoms with Gasteiger partial charge in [0.1, 0.15) is 0 Å². The number of hydrogen-bond acceptors (Lipinski definition) is 2. The van der Waals surface area contributed by atoms with Crippen LogP contribution >= 0.6 is 0 Å². The molecule has 1 aliphatic heterocycles. The van der Waals surface area contributed by atoms with Gasteiger partial charge in [0.25, 0.3) is 0 Å². The first-order valence-electron chi connectivity index (χ1n) is 5.52. The molecule has 2 rings (SSSR count). The standard InChI is InChI=1S/C12H14F3NO/c13-12(14,15)10-3-1-9(2-4-10)7-16-6-5-11(17)8-16/h1-4,11,17H,5-8H2. The monoisotopic (exact) mass is 245 g/mol. The minimum Gasteiger partial charge on any atom is -0.392 e. The van der Waals surface area contributed by atoms with Crippen molar-refractivity contribution in [3.63, 3.8) is 0 Å². The maximum absolute atomic E-state index is 12.3. The Morgan fingerprint density at radius 2 is 1.88 bits per heavy atom. The van der Waals surface area contributed by atoms with Crippen LogP contribution in [0, 0.1) is 0 Å². The molecule has 1 aromatic rings. The average Bonchev–Trinajstić information content (AvgIpc) is 2.63. The number of benzene rings is 1. The zero-order valence-electron chi connectivity index (χ0n) is 9.24. The van der Waals surface area contributed by atoms with Crippen molar-refractivity contribution in [2.45, 2.75) is 25.2 Å². The maximum atomic E-state index is 12.3. The predicted octanol–water partition coefficient (Wildman–Crippen LogP) is 2.27. The molecule has 5 heteroatoms. The molecule has 1 heterocycles. The van der Waals surface area contributed by atoms with Gasteiger partial charge in [0.05, 0.1) is 11.7 Å². The van der Waals surface area contributed by atoms with Crippen LogP contribution in [0.1, 0.15) is 17.5 Å². The van der Waals surface area contributed by atoms with Gasteiger partial charge < -0.3 is 5.11 Å². The number of nitrogens with zero attached hydrogens (tertiary/aromatic N) is 1. The normalized spacial score (nSPS) is 22.0. The van der Waals surface area contributed by atoms with Crippen molar-refractivity contribution < 1.29 is 18.3 Å². The Morgan fingerprint density at radius 3 is 2.35 bits per heavy atom. The lowest BCUT2D eigenvalue weighted by molar-refractivity contribution is -0.137. The van der Waals surface area contributed by atoms with E-state index < -0.39 is 11.7 Å². The van der Waals surface area contributed by atoms with E-state index >= 15 is 0 Å². The van der Waals surface area contributed by atoms with E-state index in [2.05, 4.69) is 0 Å². The van der Waals surface area contributed by atoms with Crippen molar-refractivity contribution in [1.29, 1.82) is 0 Å². The third-order valence-electron chi connectivity index (χ3n) is 2.93. The van der Waals surface area contributed by atoms with Crippen molar-refractivity contribution in [1.82, 2.24) is 4.90 Å². The number of alkyl halides is 3. The van der Waals surface area contributed by atoms with Crippen LogP contribution in [-0.2, 0) is 12.7 Å². The van der Waals surface area contributed by atoms with Crippen molar-refractivity contribution in [3.8, 4) is 0 Å². The molecule has 1 aromatic carbocycles. The summed E-state index contributed by atoms with van der Waals surface area (Å²) in [5.41, 5.74) is 0.217. The molecule has 1 N–H and O–H groups in total. The van der Waals surface area contributed by atoms with Crippen LogP contribution < -0.4 is 0 Å². The van der Waals surface area contributed by atoms with Crippen molar-refractivity contribution in [2.75, 3.05) is 13.1 Å². The molecule has 0 bridgehead atoms. The summed E-state index contributed by atoms with van der Waals surface area (Å²) in [5, 5.41) is 9.34. The third-order valence-corrected chi connectivity index (χ3v) is 2.93. The molecule has 1 aliphatic rings. The Morgan fingerprint density at radius 1 is 1.24 bits per heavy atom. The second-order valence-electron chi connectivity index (χ2n) is 4.37. The van der Waals surface area contributed by atoms with Crippen LogP contribution in [0.15, 0.2) is 24.3 Å². The lowest BCUT2D eigenvalue weighted by Crippen LogP contribution is -2.21. The fraction of sp³-hybridized carbons (Fsp3) is 0.500. The van der Waals surface area contributed by atoms with Crippen molar-refractivity contribution >= 4 is 0 Å². The molecule has 1 fully saturated rings. The van der Waals surface area contributed by atoms with Gasteiger partial charge in [-0.2, -0.15) is 13.2 Å². The van der Waals surface area contributed by atoms with E-state index in [-0.39, 0.29) is 6.10 Å². The van der Waals surface area contributed by atoms with E-state index in [9.17, 15) is 18.3 Å². The highest BCUT2D eigenvalue weighted by Gasteiger charge is 2.30. The van der Waals surface area contributed by atoms with E-state index in [4.69, 9.17) is 0 Å². The van der Waals surface area contributed by atoms with Crippen LogP contribution in [0.2, 0.25) is 0 Å². The third kappa shape index (κ3) is 3.20. The molecule has 0 aliphatic carbocycles. The predicted molar refractivity (Wildman–Crippen MR) is 57.3 cm³/mol. The highest BCUT2D eigenvalue weighted by Crippen LogP contribution is 2.29. The molecule has 17 heavy (non-hydrogen) atoms. The van der Waals surface area contributed by atoms with E-state index in [0.29, 0.717) is 13.1 Å². The first kappa shape index (κ1) is 12.4. The summed E-state index contributed by atoms with van der Waals surface area (Å²) in [7, 11) is 0. The maximum Gasteiger partial charge on any atom is 0.416 e. The van der Waals surface area contributed by atoms with E-state index in [0.717, 1.165) is 30.7 Å². The molecule has 0 spiro atoms. The summed E-state index contributed by atoms with van der Waals surface area (Å²) < 4.78 is 37.0. The van der Waals surface area contributed by atoms with Gasteiger partial charge in [0, 0.05) is 19.6 Å². The topological polar surface area (TPSA) is 23.5 Å². The molecule has 0 amide bonds. The van der Waals surface area contributed by atoms with Crippen molar-refractivity contribution in [2.24, 2.45) is 0 Å². The molecule has 1 atom stereocenters. The molecule has 0 aromatic heterocycles. The molecule has 1 unspecified atom stereocenters. The Kier molecular flexibility index (Phi) is 3.40. The van der Waals surface area contributed by atoms with Gasteiger partial charge in [0.15, 0.2) is 0 Å². The molecule has 94 valence electrons. The molecular weight excluding hydrogens is 231 g/mol. The Balaban J connectivity index is 1.99. The van der Waals surface area contributed by atoms with Crippen LogP contribution in [0.25, 0.3) is 0 Å². The smallest absolute Gasteiger partial charge is 0.392 e. The second-order valence-corrected chi connectivity index (χ2v) is 4.37. The molecule has 1 saturated heterocycles. The van der Waals surface area contributed by atoms with E-state index in [1.54, 1.807) is 0 Å². The van der Waals surface area contributed by atoms with Gasteiger partial charge >= 0.3 is 6.18 Å². The van der Waals surface area contributed by atoms with Crippen LogP contribution in [0.5, 0.6) is 0 Å². The Labute approximate surface area is 97.7 Å². The summed E-state index contributed by atoms with van der Waals surface area (Å²) in [6, 6.07) is 5.19. The summed E-state index contributed by atoms with van der Waals surface area (Å²) in [6.07, 6.45) is -3.84. The average molecular weight is 245 g/mol. The van der Waals surface area contributed by atoms with Gasteiger partial charge in [-0.05, 0) is 24.1 Å². The summed E-state index contributed by atoms with van der Waals surface area (Å²) >= 11 is 0. The molecular formula is C12H14F3NO. The highest BCUT2D eigenvalue weighted by atomic mass is 19.4. The van der Waals surface area contributed by atoms with Crippen molar-refractivity contribution in [3.05, 3.63) is 35.4 Å². The summed E-state index contributed by atoms with van der Waals surface area (Å²) in [6.45, 7) is 1.98. The van der Waals surface area contributed by atoms with Crippen LogP contribution in [0.3, 0.4) is 0 Å². The number of likely N-dealkylation sites (tertiary alicyclic amines) is 1.